The highest BCUT2D eigenvalue weighted by Crippen LogP contribution is 2.11. The molecule has 0 saturated carbocycles. The number of likely N-dealkylation sites (tertiary alicyclic amines) is 1. The Hall–Kier alpha value is -0.860. The van der Waals surface area contributed by atoms with Crippen molar-refractivity contribution in [1.82, 2.24) is 19.8 Å². The first-order valence-electron chi connectivity index (χ1n) is 7.02. The summed E-state index contributed by atoms with van der Waals surface area (Å²) in [5, 5.41) is 3.25. The van der Waals surface area contributed by atoms with E-state index in [1.165, 1.54) is 0 Å². The summed E-state index contributed by atoms with van der Waals surface area (Å²) in [6, 6.07) is 0.330. The summed E-state index contributed by atoms with van der Waals surface area (Å²) in [6.45, 7) is 4.07. The van der Waals surface area contributed by atoms with Crippen LogP contribution in [0.25, 0.3) is 0 Å². The van der Waals surface area contributed by atoms with Gasteiger partial charge < -0.3 is 15.1 Å². The monoisotopic (exact) mass is 306 g/mol. The SMILES string of the molecule is CCNS(=O)(=O)CCNC1CCN(C(=O)N(C)C)CC1. The van der Waals surface area contributed by atoms with Crippen molar-refractivity contribution in [2.24, 2.45) is 0 Å². The Morgan fingerprint density at radius 2 is 1.90 bits per heavy atom. The first-order valence-corrected chi connectivity index (χ1v) is 8.68. The fraction of sp³-hybridized carbons (Fsp3) is 0.917. The van der Waals surface area contributed by atoms with Crippen LogP contribution in [0.15, 0.2) is 0 Å². The number of hydrogen-bond donors (Lipinski definition) is 2. The molecule has 2 N–H and O–H groups in total. The fourth-order valence-electron chi connectivity index (χ4n) is 2.25. The van der Waals surface area contributed by atoms with Gasteiger partial charge in [-0.1, -0.05) is 6.92 Å². The standard InChI is InChI=1S/C12H26N4O3S/c1-4-14-20(18,19)10-7-13-11-5-8-16(9-6-11)12(17)15(2)3/h11,13-14H,4-10H2,1-3H3. The third kappa shape index (κ3) is 5.64. The van der Waals surface area contributed by atoms with Gasteiger partial charge in [-0.3, -0.25) is 0 Å². The maximum absolute atomic E-state index is 11.8. The Balaban J connectivity index is 2.25. The molecule has 1 heterocycles. The minimum atomic E-state index is -3.15. The zero-order chi connectivity index (χ0) is 15.2. The number of nitrogens with zero attached hydrogens (tertiary/aromatic N) is 2. The van der Waals surface area contributed by atoms with Crippen molar-refractivity contribution in [2.45, 2.75) is 25.8 Å². The molecule has 0 unspecified atom stereocenters. The predicted molar refractivity (Wildman–Crippen MR) is 79.1 cm³/mol. The second kappa shape index (κ2) is 7.80. The van der Waals surface area contributed by atoms with Crippen molar-refractivity contribution in [3.63, 3.8) is 0 Å². The van der Waals surface area contributed by atoms with E-state index in [0.29, 0.717) is 26.2 Å². The van der Waals surface area contributed by atoms with Crippen LogP contribution in [0.3, 0.4) is 0 Å². The van der Waals surface area contributed by atoms with Gasteiger partial charge in [-0.15, -0.1) is 0 Å². The molecule has 118 valence electrons. The molecule has 7 nitrogen and oxygen atoms in total. The van der Waals surface area contributed by atoms with Crippen molar-refractivity contribution in [1.29, 1.82) is 0 Å². The number of hydrogen-bond acceptors (Lipinski definition) is 4. The van der Waals surface area contributed by atoms with Crippen LogP contribution in [0.5, 0.6) is 0 Å². The van der Waals surface area contributed by atoms with Gasteiger partial charge in [-0.2, -0.15) is 0 Å². The molecule has 1 rings (SSSR count). The van der Waals surface area contributed by atoms with E-state index in [-0.39, 0.29) is 17.8 Å². The number of sulfonamides is 1. The van der Waals surface area contributed by atoms with Gasteiger partial charge in [0.15, 0.2) is 0 Å². The fourth-order valence-corrected chi connectivity index (χ4v) is 3.22. The Labute approximate surface area is 121 Å². The summed E-state index contributed by atoms with van der Waals surface area (Å²) in [5.41, 5.74) is 0. The average Bonchev–Trinajstić information content (AvgIpc) is 2.38. The molecule has 0 atom stereocenters. The number of urea groups is 1. The Kier molecular flexibility index (Phi) is 6.70. The van der Waals surface area contributed by atoms with Crippen LogP contribution in [0.1, 0.15) is 19.8 Å². The Morgan fingerprint density at radius 1 is 1.30 bits per heavy atom. The molecule has 0 aliphatic carbocycles. The lowest BCUT2D eigenvalue weighted by Gasteiger charge is -2.34. The van der Waals surface area contributed by atoms with E-state index < -0.39 is 10.0 Å². The summed E-state index contributed by atoms with van der Waals surface area (Å²) in [6.07, 6.45) is 1.72. The van der Waals surface area contributed by atoms with Gasteiger partial charge >= 0.3 is 6.03 Å². The van der Waals surface area contributed by atoms with Gasteiger partial charge in [-0.25, -0.2) is 17.9 Å². The Morgan fingerprint density at radius 3 is 2.40 bits per heavy atom. The Bertz CT molecular complexity index is 403. The number of nitrogens with one attached hydrogen (secondary N) is 2. The van der Waals surface area contributed by atoms with Crippen LogP contribution in [0, 0.1) is 0 Å². The zero-order valence-electron chi connectivity index (χ0n) is 12.6. The minimum absolute atomic E-state index is 0.0400. The van der Waals surface area contributed by atoms with Crippen molar-refractivity contribution in [3.05, 3.63) is 0 Å². The van der Waals surface area contributed by atoms with E-state index in [1.807, 2.05) is 4.90 Å². The van der Waals surface area contributed by atoms with Crippen molar-refractivity contribution in [2.75, 3.05) is 46.0 Å². The molecule has 0 aromatic rings. The largest absolute Gasteiger partial charge is 0.331 e. The van der Waals surface area contributed by atoms with Crippen molar-refractivity contribution >= 4 is 16.1 Å². The van der Waals surface area contributed by atoms with Crippen LogP contribution >= 0.6 is 0 Å². The van der Waals surface area contributed by atoms with E-state index in [0.717, 1.165) is 12.8 Å². The molecular formula is C12H26N4O3S. The number of piperidine rings is 1. The summed E-state index contributed by atoms with van der Waals surface area (Å²) in [5.74, 6) is 0.0949. The molecule has 1 saturated heterocycles. The van der Waals surface area contributed by atoms with Gasteiger partial charge in [0.25, 0.3) is 0 Å². The predicted octanol–water partition coefficient (Wildman–Crippen LogP) is -0.339. The second-order valence-electron chi connectivity index (χ2n) is 5.21. The number of carbonyl (C=O) groups is 1. The molecule has 2 amide bonds. The number of carbonyl (C=O) groups excluding carboxylic acids is 1. The summed E-state index contributed by atoms with van der Waals surface area (Å²) >= 11 is 0. The van der Waals surface area contributed by atoms with Gasteiger partial charge in [0.2, 0.25) is 10.0 Å². The van der Waals surface area contributed by atoms with Crippen LogP contribution in [0.4, 0.5) is 4.79 Å². The summed E-state index contributed by atoms with van der Waals surface area (Å²) < 4.78 is 25.4. The topological polar surface area (TPSA) is 81.8 Å². The lowest BCUT2D eigenvalue weighted by atomic mass is 10.1. The molecule has 0 aromatic heterocycles. The van der Waals surface area contributed by atoms with Gasteiger partial charge in [-0.05, 0) is 12.8 Å². The second-order valence-corrected chi connectivity index (χ2v) is 7.14. The maximum Gasteiger partial charge on any atom is 0.319 e. The molecule has 0 radical (unpaired) electrons. The molecule has 1 aliphatic rings. The molecular weight excluding hydrogens is 280 g/mol. The van der Waals surface area contributed by atoms with Crippen LogP contribution in [0.2, 0.25) is 0 Å². The highest BCUT2D eigenvalue weighted by atomic mass is 32.2. The number of rotatable bonds is 6. The molecule has 1 aliphatic heterocycles. The van der Waals surface area contributed by atoms with E-state index in [2.05, 4.69) is 10.0 Å². The van der Waals surface area contributed by atoms with E-state index in [9.17, 15) is 13.2 Å². The third-order valence-corrected chi connectivity index (χ3v) is 4.79. The molecule has 8 heteroatoms. The molecule has 0 spiro atoms. The average molecular weight is 306 g/mol. The van der Waals surface area contributed by atoms with Gasteiger partial charge in [0, 0.05) is 46.3 Å². The van der Waals surface area contributed by atoms with E-state index >= 15 is 0 Å². The van der Waals surface area contributed by atoms with Crippen LogP contribution in [-0.2, 0) is 10.0 Å². The van der Waals surface area contributed by atoms with Gasteiger partial charge in [0.1, 0.15) is 0 Å². The summed E-state index contributed by atoms with van der Waals surface area (Å²) in [4.78, 5) is 15.2. The first-order chi connectivity index (χ1) is 9.35. The molecule has 20 heavy (non-hydrogen) atoms. The lowest BCUT2D eigenvalue weighted by molar-refractivity contribution is 0.153. The highest BCUT2D eigenvalue weighted by Gasteiger charge is 2.23. The minimum Gasteiger partial charge on any atom is -0.331 e. The summed E-state index contributed by atoms with van der Waals surface area (Å²) in [7, 11) is 0.345. The maximum atomic E-state index is 11.8. The molecule has 1 fully saturated rings. The third-order valence-electron chi connectivity index (χ3n) is 3.32. The smallest absolute Gasteiger partial charge is 0.319 e. The quantitative estimate of drug-likeness (QED) is 0.703. The normalized spacial score (nSPS) is 17.2. The van der Waals surface area contributed by atoms with Gasteiger partial charge in [0.05, 0.1) is 5.75 Å². The first kappa shape index (κ1) is 17.2. The van der Waals surface area contributed by atoms with E-state index in [1.54, 1.807) is 25.9 Å². The van der Waals surface area contributed by atoms with Crippen molar-refractivity contribution < 1.29 is 13.2 Å². The van der Waals surface area contributed by atoms with Crippen LogP contribution < -0.4 is 10.0 Å². The van der Waals surface area contributed by atoms with Crippen LogP contribution in [-0.4, -0.2) is 76.3 Å². The van der Waals surface area contributed by atoms with Crippen molar-refractivity contribution in [3.8, 4) is 0 Å². The molecule has 0 aromatic carbocycles. The number of amides is 2. The van der Waals surface area contributed by atoms with E-state index in [4.69, 9.17) is 0 Å². The molecule has 0 bridgehead atoms. The highest BCUT2D eigenvalue weighted by molar-refractivity contribution is 7.89. The zero-order valence-corrected chi connectivity index (χ0v) is 13.4. The lowest BCUT2D eigenvalue weighted by Crippen LogP contribution is -2.48.